The molecule has 2 atom stereocenters. The number of alkyl halides is 3. The Morgan fingerprint density at radius 3 is 2.54 bits per heavy atom. The summed E-state index contributed by atoms with van der Waals surface area (Å²) in [5.41, 5.74) is 2.26. The standard InChI is InChI=1S/C29H28F3N5O2/c1-17-15-19(27(38)35-22-8-6-14-33-18(22)2)9-10-20(17)21-11-12-28(39,29(30,31)32)16-24-25(21)26(36-37(24)3)23-7-4-5-13-34-23/h4-10,13-15,21,39H,11-12,16H2,1-3H3,(H,35,38)/t21-,28+/m1/s1. The number of carbonyl (C=O) groups is 1. The zero-order chi connectivity index (χ0) is 27.9. The third-order valence-corrected chi connectivity index (χ3v) is 7.46. The van der Waals surface area contributed by atoms with E-state index in [1.165, 1.54) is 4.68 Å². The van der Waals surface area contributed by atoms with Crippen LogP contribution >= 0.6 is 0 Å². The molecule has 0 spiro atoms. The van der Waals surface area contributed by atoms with Gasteiger partial charge in [-0.05, 0) is 74.2 Å². The first-order valence-electron chi connectivity index (χ1n) is 12.6. The molecule has 39 heavy (non-hydrogen) atoms. The largest absolute Gasteiger partial charge is 0.417 e. The van der Waals surface area contributed by atoms with Crippen molar-refractivity contribution in [1.82, 2.24) is 19.7 Å². The minimum atomic E-state index is -4.81. The molecule has 5 rings (SSSR count). The molecule has 0 saturated heterocycles. The lowest BCUT2D eigenvalue weighted by atomic mass is 9.83. The lowest BCUT2D eigenvalue weighted by molar-refractivity contribution is -0.262. The maximum absolute atomic E-state index is 14.1. The van der Waals surface area contributed by atoms with Crippen LogP contribution in [0.5, 0.6) is 0 Å². The fourth-order valence-corrected chi connectivity index (χ4v) is 5.31. The van der Waals surface area contributed by atoms with Crippen molar-refractivity contribution in [2.24, 2.45) is 7.05 Å². The quantitative estimate of drug-likeness (QED) is 0.336. The first kappa shape index (κ1) is 26.6. The summed E-state index contributed by atoms with van der Waals surface area (Å²) >= 11 is 0. The highest BCUT2D eigenvalue weighted by molar-refractivity contribution is 6.04. The number of rotatable bonds is 4. The third-order valence-electron chi connectivity index (χ3n) is 7.46. The lowest BCUT2D eigenvalue weighted by Gasteiger charge is -2.29. The van der Waals surface area contributed by atoms with E-state index in [2.05, 4.69) is 20.4 Å². The highest BCUT2D eigenvalue weighted by atomic mass is 19.4. The Hall–Kier alpha value is -4.05. The van der Waals surface area contributed by atoms with Crippen molar-refractivity contribution in [3.8, 4) is 11.4 Å². The number of fused-ring (bicyclic) bond motifs is 1. The molecule has 0 radical (unpaired) electrons. The molecule has 0 bridgehead atoms. The zero-order valence-electron chi connectivity index (χ0n) is 21.8. The molecule has 2 N–H and O–H groups in total. The summed E-state index contributed by atoms with van der Waals surface area (Å²) in [5, 5.41) is 18.2. The van der Waals surface area contributed by atoms with Crippen LogP contribution in [0.1, 0.15) is 57.2 Å². The first-order valence-corrected chi connectivity index (χ1v) is 12.6. The van der Waals surface area contributed by atoms with Crippen LogP contribution in [0.2, 0.25) is 0 Å². The molecule has 1 aromatic carbocycles. The van der Waals surface area contributed by atoms with Gasteiger partial charge in [-0.15, -0.1) is 0 Å². The van der Waals surface area contributed by atoms with Gasteiger partial charge in [0.2, 0.25) is 0 Å². The Morgan fingerprint density at radius 2 is 1.87 bits per heavy atom. The fourth-order valence-electron chi connectivity index (χ4n) is 5.31. The summed E-state index contributed by atoms with van der Waals surface area (Å²) in [6, 6.07) is 14.0. The average molecular weight is 536 g/mol. The second-order valence-electron chi connectivity index (χ2n) is 10.0. The number of halogens is 3. The summed E-state index contributed by atoms with van der Waals surface area (Å²) in [6.45, 7) is 3.63. The van der Waals surface area contributed by atoms with E-state index in [0.29, 0.717) is 39.6 Å². The minimum absolute atomic E-state index is 0.0375. The maximum atomic E-state index is 14.1. The number of benzene rings is 1. The molecule has 1 amide bonds. The summed E-state index contributed by atoms with van der Waals surface area (Å²) in [7, 11) is 1.59. The molecule has 10 heteroatoms. The molecule has 0 fully saturated rings. The molecule has 1 aliphatic carbocycles. The van der Waals surface area contributed by atoms with Gasteiger partial charge in [0.1, 0.15) is 5.69 Å². The molecule has 7 nitrogen and oxygen atoms in total. The van der Waals surface area contributed by atoms with Crippen molar-refractivity contribution in [3.63, 3.8) is 0 Å². The first-order chi connectivity index (χ1) is 18.5. The van der Waals surface area contributed by atoms with Gasteiger partial charge in [-0.2, -0.15) is 18.3 Å². The molecular weight excluding hydrogens is 507 g/mol. The van der Waals surface area contributed by atoms with E-state index in [9.17, 15) is 23.1 Å². The number of hydrogen-bond acceptors (Lipinski definition) is 5. The predicted octanol–water partition coefficient (Wildman–Crippen LogP) is 5.51. The molecule has 0 unspecified atom stereocenters. The van der Waals surface area contributed by atoms with Crippen LogP contribution in [-0.2, 0) is 13.5 Å². The van der Waals surface area contributed by atoms with E-state index in [1.54, 1.807) is 74.9 Å². The van der Waals surface area contributed by atoms with Crippen LogP contribution in [-0.4, -0.2) is 42.5 Å². The number of aliphatic hydroxyl groups is 1. The fraction of sp³-hybridized carbons (Fsp3) is 0.310. The van der Waals surface area contributed by atoms with Crippen LogP contribution in [0.3, 0.4) is 0 Å². The molecule has 0 aliphatic heterocycles. The van der Waals surface area contributed by atoms with Gasteiger partial charge in [0.15, 0.2) is 5.60 Å². The maximum Gasteiger partial charge on any atom is 0.417 e. The van der Waals surface area contributed by atoms with Gasteiger partial charge in [-0.25, -0.2) is 0 Å². The van der Waals surface area contributed by atoms with Gasteiger partial charge >= 0.3 is 6.18 Å². The number of anilines is 1. The Bertz CT molecular complexity index is 1530. The number of aromatic nitrogens is 4. The topological polar surface area (TPSA) is 92.9 Å². The van der Waals surface area contributed by atoms with Gasteiger partial charge < -0.3 is 10.4 Å². The Kier molecular flexibility index (Phi) is 6.76. The monoisotopic (exact) mass is 535 g/mol. The summed E-state index contributed by atoms with van der Waals surface area (Å²) in [5.74, 6) is -0.816. The predicted molar refractivity (Wildman–Crippen MR) is 140 cm³/mol. The molecular formula is C29H28F3N5O2. The Morgan fingerprint density at radius 1 is 1.10 bits per heavy atom. The number of pyridine rings is 2. The van der Waals surface area contributed by atoms with Gasteiger partial charge in [0.05, 0.1) is 17.1 Å². The number of aryl methyl sites for hydroxylation is 3. The number of nitrogens with one attached hydrogen (secondary N) is 1. The van der Waals surface area contributed by atoms with Crippen LogP contribution in [0, 0.1) is 13.8 Å². The lowest BCUT2D eigenvalue weighted by Crippen LogP contribution is -2.47. The second-order valence-corrected chi connectivity index (χ2v) is 10.0. The van der Waals surface area contributed by atoms with E-state index in [-0.39, 0.29) is 12.3 Å². The Balaban J connectivity index is 1.58. The van der Waals surface area contributed by atoms with Crippen LogP contribution in [0.4, 0.5) is 18.9 Å². The zero-order valence-corrected chi connectivity index (χ0v) is 21.8. The van der Waals surface area contributed by atoms with Gasteiger partial charge in [0, 0.05) is 48.6 Å². The van der Waals surface area contributed by atoms with Crippen molar-refractivity contribution in [3.05, 3.63) is 94.6 Å². The number of hydrogen-bond donors (Lipinski definition) is 2. The van der Waals surface area contributed by atoms with E-state index in [4.69, 9.17) is 0 Å². The Labute approximate surface area is 223 Å². The molecule has 4 aromatic rings. The van der Waals surface area contributed by atoms with Gasteiger partial charge in [0.25, 0.3) is 5.91 Å². The molecule has 3 heterocycles. The summed E-state index contributed by atoms with van der Waals surface area (Å²) in [4.78, 5) is 21.6. The normalized spacial score (nSPS) is 19.3. The van der Waals surface area contributed by atoms with E-state index in [1.807, 2.05) is 6.92 Å². The highest BCUT2D eigenvalue weighted by Gasteiger charge is 2.55. The van der Waals surface area contributed by atoms with Gasteiger partial charge in [-0.1, -0.05) is 12.1 Å². The SMILES string of the molecule is Cc1cc(C(=O)Nc2cccnc2C)ccc1[C@H]1CC[C@@](O)(C(F)(F)F)Cc2c1c(-c1ccccn1)nn2C. The second kappa shape index (κ2) is 9.92. The number of carbonyl (C=O) groups excluding carboxylic acids is 1. The molecule has 3 aromatic heterocycles. The van der Waals surface area contributed by atoms with Crippen LogP contribution in [0.25, 0.3) is 11.4 Å². The van der Waals surface area contributed by atoms with E-state index < -0.39 is 30.5 Å². The van der Waals surface area contributed by atoms with Crippen LogP contribution in [0.15, 0.2) is 60.9 Å². The molecule has 202 valence electrons. The van der Waals surface area contributed by atoms with Crippen molar-refractivity contribution >= 4 is 11.6 Å². The van der Waals surface area contributed by atoms with Gasteiger partial charge in [-0.3, -0.25) is 19.4 Å². The van der Waals surface area contributed by atoms with Crippen molar-refractivity contribution in [2.75, 3.05) is 5.32 Å². The number of nitrogens with zero attached hydrogens (tertiary/aromatic N) is 4. The van der Waals surface area contributed by atoms with Crippen molar-refractivity contribution in [1.29, 1.82) is 0 Å². The summed E-state index contributed by atoms with van der Waals surface area (Å²) < 4.78 is 43.7. The number of amides is 1. The highest BCUT2D eigenvalue weighted by Crippen LogP contribution is 2.48. The third kappa shape index (κ3) is 4.92. The average Bonchev–Trinajstić information content (AvgIpc) is 3.11. The molecule has 0 saturated carbocycles. The van der Waals surface area contributed by atoms with Crippen molar-refractivity contribution in [2.45, 2.75) is 50.8 Å². The molecule has 1 aliphatic rings. The smallest absolute Gasteiger partial charge is 0.380 e. The minimum Gasteiger partial charge on any atom is -0.380 e. The van der Waals surface area contributed by atoms with E-state index in [0.717, 1.165) is 11.1 Å². The van der Waals surface area contributed by atoms with E-state index >= 15 is 0 Å². The van der Waals surface area contributed by atoms with Crippen molar-refractivity contribution < 1.29 is 23.1 Å². The van der Waals surface area contributed by atoms with Crippen LogP contribution < -0.4 is 5.32 Å². The summed E-state index contributed by atoms with van der Waals surface area (Å²) in [6.07, 6.45) is -2.60.